The van der Waals surface area contributed by atoms with Crippen molar-refractivity contribution in [2.24, 2.45) is 0 Å². The van der Waals surface area contributed by atoms with Crippen molar-refractivity contribution >= 4 is 0 Å². The molecule has 3 heteroatoms. The largest absolute Gasteiger partial charge is 0.494 e. The van der Waals surface area contributed by atoms with Crippen LogP contribution in [0, 0.1) is 0 Å². The van der Waals surface area contributed by atoms with E-state index in [0.29, 0.717) is 6.04 Å². The lowest BCUT2D eigenvalue weighted by Gasteiger charge is -2.17. The zero-order valence-corrected chi connectivity index (χ0v) is 11.3. The van der Waals surface area contributed by atoms with Gasteiger partial charge in [0.1, 0.15) is 5.75 Å². The number of hydrogen-bond acceptors (Lipinski definition) is 3. The summed E-state index contributed by atoms with van der Waals surface area (Å²) in [5.41, 5.74) is 1.23. The second-order valence-electron chi connectivity index (χ2n) is 4.54. The topological polar surface area (TPSA) is 34.4 Å². The number of ether oxygens (including phenoxy) is 1. The molecule has 1 aromatic carbocycles. The fourth-order valence-electron chi connectivity index (χ4n) is 2.09. The second-order valence-corrected chi connectivity index (χ2v) is 4.54. The molecule has 1 unspecified atom stereocenters. The molecule has 0 aliphatic heterocycles. The molecule has 2 aromatic rings. The Balaban J connectivity index is 1.77. The molecule has 1 N–H and O–H groups in total. The van der Waals surface area contributed by atoms with Gasteiger partial charge in [-0.15, -0.1) is 0 Å². The second kappa shape index (κ2) is 7.64. The van der Waals surface area contributed by atoms with Gasteiger partial charge in [-0.3, -0.25) is 0 Å². The Morgan fingerprint density at radius 3 is 2.74 bits per heavy atom. The van der Waals surface area contributed by atoms with E-state index in [1.165, 1.54) is 5.56 Å². The summed E-state index contributed by atoms with van der Waals surface area (Å²) in [4.78, 5) is 0. The Morgan fingerprint density at radius 2 is 2.05 bits per heavy atom. The first-order valence-electron chi connectivity index (χ1n) is 6.80. The van der Waals surface area contributed by atoms with Crippen molar-refractivity contribution in [2.75, 3.05) is 13.2 Å². The van der Waals surface area contributed by atoms with Crippen LogP contribution in [0.4, 0.5) is 0 Å². The van der Waals surface area contributed by atoms with E-state index >= 15 is 0 Å². The molecular weight excluding hydrogens is 238 g/mol. The Kier molecular flexibility index (Phi) is 5.50. The van der Waals surface area contributed by atoms with E-state index in [9.17, 15) is 0 Å². The number of likely N-dealkylation sites (N-methyl/N-ethyl adjacent to an activating group) is 1. The minimum absolute atomic E-state index is 0.423. The molecule has 3 nitrogen and oxygen atoms in total. The Labute approximate surface area is 114 Å². The molecule has 19 heavy (non-hydrogen) atoms. The van der Waals surface area contributed by atoms with E-state index in [-0.39, 0.29) is 0 Å². The van der Waals surface area contributed by atoms with Gasteiger partial charge < -0.3 is 14.5 Å². The first-order valence-corrected chi connectivity index (χ1v) is 6.80. The zero-order chi connectivity index (χ0) is 13.3. The molecule has 0 radical (unpaired) electrons. The fourth-order valence-corrected chi connectivity index (χ4v) is 2.09. The van der Waals surface area contributed by atoms with Crippen molar-refractivity contribution in [3.63, 3.8) is 0 Å². The van der Waals surface area contributed by atoms with Crippen molar-refractivity contribution in [3.05, 3.63) is 54.5 Å². The number of furan rings is 1. The maximum atomic E-state index is 5.74. The van der Waals surface area contributed by atoms with E-state index in [1.807, 2.05) is 42.7 Å². The van der Waals surface area contributed by atoms with Crippen LogP contribution in [0.2, 0.25) is 0 Å². The van der Waals surface area contributed by atoms with Gasteiger partial charge in [-0.05, 0) is 43.1 Å². The van der Waals surface area contributed by atoms with Crippen LogP contribution in [-0.4, -0.2) is 19.2 Å². The Hall–Kier alpha value is -1.74. The van der Waals surface area contributed by atoms with Gasteiger partial charge in [0.05, 0.1) is 19.1 Å². The number of hydrogen-bond donors (Lipinski definition) is 1. The lowest BCUT2D eigenvalue weighted by atomic mass is 10.1. The standard InChI is InChI=1S/C16H21NO2/c1-2-17-15(12-14-8-10-18-13-14)9-11-19-16-6-4-3-5-7-16/h3-8,10,13,15,17H,2,9,11-12H2,1H3. The number of rotatable bonds is 8. The average molecular weight is 259 g/mol. The summed E-state index contributed by atoms with van der Waals surface area (Å²) in [6.45, 7) is 3.81. The van der Waals surface area contributed by atoms with Gasteiger partial charge in [0, 0.05) is 6.04 Å². The summed E-state index contributed by atoms with van der Waals surface area (Å²) < 4.78 is 10.8. The highest BCUT2D eigenvalue weighted by molar-refractivity contribution is 5.20. The normalized spacial score (nSPS) is 12.3. The van der Waals surface area contributed by atoms with Gasteiger partial charge in [0.25, 0.3) is 0 Å². The summed E-state index contributed by atoms with van der Waals surface area (Å²) in [7, 11) is 0. The van der Waals surface area contributed by atoms with E-state index in [1.54, 1.807) is 6.26 Å². The van der Waals surface area contributed by atoms with Crippen molar-refractivity contribution in [1.82, 2.24) is 5.32 Å². The van der Waals surface area contributed by atoms with Crippen LogP contribution in [0.5, 0.6) is 5.75 Å². The minimum atomic E-state index is 0.423. The summed E-state index contributed by atoms with van der Waals surface area (Å²) in [6, 6.07) is 12.4. The summed E-state index contributed by atoms with van der Waals surface area (Å²) in [5.74, 6) is 0.932. The molecule has 0 spiro atoms. The van der Waals surface area contributed by atoms with Crippen molar-refractivity contribution < 1.29 is 9.15 Å². The number of benzene rings is 1. The molecule has 1 aromatic heterocycles. The van der Waals surface area contributed by atoms with Crippen molar-refractivity contribution in [3.8, 4) is 5.75 Å². The predicted octanol–water partition coefficient (Wildman–Crippen LogP) is 3.27. The van der Waals surface area contributed by atoms with Gasteiger partial charge in [0.15, 0.2) is 0 Å². The molecular formula is C16H21NO2. The third-order valence-corrected chi connectivity index (χ3v) is 3.03. The van der Waals surface area contributed by atoms with Gasteiger partial charge in [-0.1, -0.05) is 25.1 Å². The Bertz CT molecular complexity index is 439. The monoisotopic (exact) mass is 259 g/mol. The Morgan fingerprint density at radius 1 is 1.21 bits per heavy atom. The molecule has 102 valence electrons. The number of para-hydroxylation sites is 1. The van der Waals surface area contributed by atoms with E-state index in [0.717, 1.165) is 31.7 Å². The van der Waals surface area contributed by atoms with Crippen molar-refractivity contribution in [2.45, 2.75) is 25.8 Å². The van der Waals surface area contributed by atoms with Crippen LogP contribution in [-0.2, 0) is 6.42 Å². The van der Waals surface area contributed by atoms with Gasteiger partial charge >= 0.3 is 0 Å². The number of nitrogens with one attached hydrogen (secondary N) is 1. The van der Waals surface area contributed by atoms with E-state index in [4.69, 9.17) is 9.15 Å². The van der Waals surface area contributed by atoms with Gasteiger partial charge in [-0.25, -0.2) is 0 Å². The molecule has 0 bridgehead atoms. The maximum Gasteiger partial charge on any atom is 0.119 e. The predicted molar refractivity (Wildman–Crippen MR) is 76.4 cm³/mol. The highest BCUT2D eigenvalue weighted by Crippen LogP contribution is 2.11. The van der Waals surface area contributed by atoms with Crippen LogP contribution >= 0.6 is 0 Å². The van der Waals surface area contributed by atoms with E-state index in [2.05, 4.69) is 12.2 Å². The molecule has 2 rings (SSSR count). The molecule has 0 saturated carbocycles. The van der Waals surface area contributed by atoms with E-state index < -0.39 is 0 Å². The molecule has 0 fully saturated rings. The summed E-state index contributed by atoms with van der Waals surface area (Å²) >= 11 is 0. The van der Waals surface area contributed by atoms with Crippen LogP contribution in [0.25, 0.3) is 0 Å². The lowest BCUT2D eigenvalue weighted by molar-refractivity contribution is 0.285. The quantitative estimate of drug-likeness (QED) is 0.790. The van der Waals surface area contributed by atoms with Crippen LogP contribution in [0.1, 0.15) is 18.9 Å². The highest BCUT2D eigenvalue weighted by atomic mass is 16.5. The molecule has 1 atom stereocenters. The van der Waals surface area contributed by atoms with Crippen LogP contribution in [0.15, 0.2) is 53.3 Å². The fraction of sp³-hybridized carbons (Fsp3) is 0.375. The first-order chi connectivity index (χ1) is 9.38. The third-order valence-electron chi connectivity index (χ3n) is 3.03. The minimum Gasteiger partial charge on any atom is -0.494 e. The SMILES string of the molecule is CCNC(CCOc1ccccc1)Cc1ccoc1. The van der Waals surface area contributed by atoms with Crippen LogP contribution in [0.3, 0.4) is 0 Å². The average Bonchev–Trinajstić information content (AvgIpc) is 2.93. The maximum absolute atomic E-state index is 5.74. The third kappa shape index (κ3) is 4.79. The van der Waals surface area contributed by atoms with Crippen LogP contribution < -0.4 is 10.1 Å². The van der Waals surface area contributed by atoms with Crippen molar-refractivity contribution in [1.29, 1.82) is 0 Å². The van der Waals surface area contributed by atoms with Gasteiger partial charge in [0.2, 0.25) is 0 Å². The molecule has 0 amide bonds. The highest BCUT2D eigenvalue weighted by Gasteiger charge is 2.09. The van der Waals surface area contributed by atoms with Gasteiger partial charge in [-0.2, -0.15) is 0 Å². The lowest BCUT2D eigenvalue weighted by Crippen LogP contribution is -2.32. The first kappa shape index (κ1) is 13.7. The summed E-state index contributed by atoms with van der Waals surface area (Å²) in [5, 5.41) is 3.49. The summed E-state index contributed by atoms with van der Waals surface area (Å²) in [6.07, 6.45) is 5.48. The molecule has 0 saturated heterocycles. The molecule has 0 aliphatic carbocycles. The zero-order valence-electron chi connectivity index (χ0n) is 11.3. The smallest absolute Gasteiger partial charge is 0.119 e. The molecule has 0 aliphatic rings. The molecule has 1 heterocycles.